The van der Waals surface area contributed by atoms with Crippen LogP contribution in [0.2, 0.25) is 0 Å². The maximum atomic E-state index is 11.8. The predicted octanol–water partition coefficient (Wildman–Crippen LogP) is 2.54. The van der Waals surface area contributed by atoms with Crippen LogP contribution in [0.25, 0.3) is 0 Å². The third kappa shape index (κ3) is 2.16. The van der Waals surface area contributed by atoms with Crippen molar-refractivity contribution in [3.05, 3.63) is 29.3 Å². The number of hydrogen-bond donors (Lipinski definition) is 1. The quantitative estimate of drug-likeness (QED) is 0.669. The van der Waals surface area contributed by atoms with Crippen molar-refractivity contribution in [1.29, 1.82) is 0 Å². The molecule has 0 saturated carbocycles. The first-order valence-electron chi connectivity index (χ1n) is 5.19. The average Bonchev–Trinajstić information content (AvgIpc) is 2.27. The Labute approximate surface area is 102 Å². The number of carbonyl (C=O) groups is 2. The van der Waals surface area contributed by atoms with Gasteiger partial charge in [-0.15, -0.1) is 0 Å². The summed E-state index contributed by atoms with van der Waals surface area (Å²) < 4.78 is 0. The minimum atomic E-state index is -0.177. The minimum absolute atomic E-state index is 0.0421. The van der Waals surface area contributed by atoms with Crippen LogP contribution in [0.3, 0.4) is 0 Å². The summed E-state index contributed by atoms with van der Waals surface area (Å²) in [6, 6.07) is 5.42. The summed E-state index contributed by atoms with van der Waals surface area (Å²) in [6.07, 6.45) is 1.20. The first-order chi connectivity index (χ1) is 7.58. The highest BCUT2D eigenvalue weighted by Crippen LogP contribution is 2.24. The number of nitrogens with one attached hydrogen (secondary N) is 1. The normalized spacial score (nSPS) is 16.2. The van der Waals surface area contributed by atoms with Crippen molar-refractivity contribution in [3.63, 3.8) is 0 Å². The fourth-order valence-electron chi connectivity index (χ4n) is 1.77. The van der Waals surface area contributed by atoms with Gasteiger partial charge in [0, 0.05) is 17.7 Å². The number of halogens is 1. The lowest BCUT2D eigenvalue weighted by Gasteiger charge is -2.17. The molecule has 84 valence electrons. The first-order valence-corrected chi connectivity index (χ1v) is 6.10. The molecule has 1 aliphatic heterocycles. The summed E-state index contributed by atoms with van der Waals surface area (Å²) in [7, 11) is 0. The molecule has 2 rings (SSSR count). The Bertz CT molecular complexity index is 454. The molecule has 0 saturated heterocycles. The van der Waals surface area contributed by atoms with Crippen LogP contribution in [0.5, 0.6) is 0 Å². The number of fused-ring (bicyclic) bond motifs is 1. The second-order valence-corrected chi connectivity index (χ2v) is 5.27. The number of rotatable bonds is 2. The highest BCUT2D eigenvalue weighted by Gasteiger charge is 2.18. The summed E-state index contributed by atoms with van der Waals surface area (Å²) in [5.41, 5.74) is 2.56. The van der Waals surface area contributed by atoms with E-state index in [9.17, 15) is 9.59 Å². The van der Waals surface area contributed by atoms with Crippen LogP contribution in [-0.2, 0) is 11.2 Å². The number of aryl methyl sites for hydroxylation is 1. The van der Waals surface area contributed by atoms with Crippen molar-refractivity contribution in [2.75, 3.05) is 5.32 Å². The zero-order valence-electron chi connectivity index (χ0n) is 8.92. The lowest BCUT2D eigenvalue weighted by Crippen LogP contribution is -2.20. The van der Waals surface area contributed by atoms with Gasteiger partial charge in [0.15, 0.2) is 5.78 Å². The van der Waals surface area contributed by atoms with Gasteiger partial charge in [0.1, 0.15) is 0 Å². The van der Waals surface area contributed by atoms with Crippen molar-refractivity contribution in [1.82, 2.24) is 0 Å². The Morgan fingerprint density at radius 3 is 2.88 bits per heavy atom. The third-order valence-electron chi connectivity index (χ3n) is 2.65. The van der Waals surface area contributed by atoms with Gasteiger partial charge >= 0.3 is 0 Å². The Hall–Kier alpha value is -1.16. The van der Waals surface area contributed by atoms with E-state index in [1.807, 2.05) is 13.0 Å². The molecule has 0 aromatic heterocycles. The van der Waals surface area contributed by atoms with Crippen molar-refractivity contribution in [2.24, 2.45) is 0 Å². The second-order valence-electron chi connectivity index (χ2n) is 3.90. The molecule has 0 radical (unpaired) electrons. The lowest BCUT2D eigenvalue weighted by atomic mass is 9.98. The van der Waals surface area contributed by atoms with Gasteiger partial charge in [0.2, 0.25) is 5.91 Å². The van der Waals surface area contributed by atoms with Gasteiger partial charge in [0.25, 0.3) is 0 Å². The zero-order chi connectivity index (χ0) is 11.7. The van der Waals surface area contributed by atoms with Crippen LogP contribution in [0, 0.1) is 0 Å². The van der Waals surface area contributed by atoms with E-state index < -0.39 is 0 Å². The van der Waals surface area contributed by atoms with E-state index in [-0.39, 0.29) is 16.5 Å². The predicted molar refractivity (Wildman–Crippen MR) is 66.1 cm³/mol. The van der Waals surface area contributed by atoms with E-state index in [4.69, 9.17) is 0 Å². The van der Waals surface area contributed by atoms with Crippen LogP contribution in [0.1, 0.15) is 29.3 Å². The molecule has 1 heterocycles. The van der Waals surface area contributed by atoms with Gasteiger partial charge in [-0.1, -0.05) is 15.9 Å². The van der Waals surface area contributed by atoms with E-state index in [0.29, 0.717) is 18.4 Å². The molecular formula is C12H12BrNO2. The van der Waals surface area contributed by atoms with Gasteiger partial charge in [-0.05, 0) is 37.1 Å². The van der Waals surface area contributed by atoms with Crippen LogP contribution in [0.15, 0.2) is 18.2 Å². The summed E-state index contributed by atoms with van der Waals surface area (Å²) >= 11 is 3.26. The fourth-order valence-corrected chi connectivity index (χ4v) is 2.03. The van der Waals surface area contributed by atoms with Gasteiger partial charge in [-0.3, -0.25) is 9.59 Å². The number of alkyl halides is 1. The van der Waals surface area contributed by atoms with Crippen molar-refractivity contribution in [3.8, 4) is 0 Å². The Morgan fingerprint density at radius 2 is 2.19 bits per heavy atom. The molecule has 3 nitrogen and oxygen atoms in total. The summed E-state index contributed by atoms with van der Waals surface area (Å²) in [5.74, 6) is 0.111. The van der Waals surface area contributed by atoms with E-state index in [0.717, 1.165) is 11.3 Å². The van der Waals surface area contributed by atoms with Gasteiger partial charge < -0.3 is 5.32 Å². The smallest absolute Gasteiger partial charge is 0.224 e. The number of Topliss-reactive ketones (excluding diaryl/α,β-unsaturated/α-hetero) is 1. The van der Waals surface area contributed by atoms with Crippen molar-refractivity contribution < 1.29 is 9.59 Å². The number of carbonyl (C=O) groups excluding carboxylic acids is 2. The minimum Gasteiger partial charge on any atom is -0.326 e. The Kier molecular flexibility index (Phi) is 3.10. The summed E-state index contributed by atoms with van der Waals surface area (Å²) in [4.78, 5) is 22.8. The molecule has 16 heavy (non-hydrogen) atoms. The highest BCUT2D eigenvalue weighted by molar-refractivity contribution is 9.10. The molecule has 0 fully saturated rings. The molecule has 1 aromatic carbocycles. The number of amides is 1. The number of benzene rings is 1. The molecule has 1 N–H and O–H groups in total. The standard InChI is InChI=1S/C12H12BrNO2/c1-7(13)12(16)9-2-4-10-8(6-9)3-5-11(15)14-10/h2,4,6-7H,3,5H2,1H3,(H,14,15)/t7-/m1/s1. The molecule has 1 aliphatic rings. The van der Waals surface area contributed by atoms with Gasteiger partial charge in [-0.25, -0.2) is 0 Å². The van der Waals surface area contributed by atoms with Crippen molar-refractivity contribution in [2.45, 2.75) is 24.6 Å². The second kappa shape index (κ2) is 4.37. The molecule has 0 bridgehead atoms. The van der Waals surface area contributed by atoms with E-state index in [1.165, 1.54) is 0 Å². The molecule has 0 aliphatic carbocycles. The molecule has 1 aromatic rings. The van der Waals surface area contributed by atoms with Crippen LogP contribution < -0.4 is 5.32 Å². The number of anilines is 1. The molecule has 0 unspecified atom stereocenters. The van der Waals surface area contributed by atoms with Crippen LogP contribution >= 0.6 is 15.9 Å². The van der Waals surface area contributed by atoms with Crippen LogP contribution in [-0.4, -0.2) is 16.5 Å². The third-order valence-corrected chi connectivity index (χ3v) is 3.06. The highest BCUT2D eigenvalue weighted by atomic mass is 79.9. The molecule has 1 atom stereocenters. The molecule has 4 heteroatoms. The van der Waals surface area contributed by atoms with Crippen LogP contribution in [0.4, 0.5) is 5.69 Å². The average molecular weight is 282 g/mol. The Balaban J connectivity index is 2.33. The van der Waals surface area contributed by atoms with Crippen molar-refractivity contribution >= 4 is 33.3 Å². The molecule has 0 spiro atoms. The summed E-state index contributed by atoms with van der Waals surface area (Å²) in [6.45, 7) is 1.81. The monoisotopic (exact) mass is 281 g/mol. The number of hydrogen-bond acceptors (Lipinski definition) is 2. The zero-order valence-corrected chi connectivity index (χ0v) is 10.5. The lowest BCUT2D eigenvalue weighted by molar-refractivity contribution is -0.116. The largest absolute Gasteiger partial charge is 0.326 e. The summed E-state index contributed by atoms with van der Waals surface area (Å²) in [5, 5.41) is 2.79. The van der Waals surface area contributed by atoms with E-state index >= 15 is 0 Å². The van der Waals surface area contributed by atoms with E-state index in [1.54, 1.807) is 12.1 Å². The van der Waals surface area contributed by atoms with Gasteiger partial charge in [0.05, 0.1) is 4.83 Å². The topological polar surface area (TPSA) is 46.2 Å². The van der Waals surface area contributed by atoms with E-state index in [2.05, 4.69) is 21.2 Å². The maximum absolute atomic E-state index is 11.8. The SMILES string of the molecule is C[C@@H](Br)C(=O)c1ccc2c(c1)CCC(=O)N2. The number of ketones is 1. The molecule has 1 amide bonds. The fraction of sp³-hybridized carbons (Fsp3) is 0.333. The Morgan fingerprint density at radius 1 is 1.44 bits per heavy atom. The first kappa shape index (κ1) is 11.3. The maximum Gasteiger partial charge on any atom is 0.224 e. The van der Waals surface area contributed by atoms with Gasteiger partial charge in [-0.2, -0.15) is 0 Å². The molecular weight excluding hydrogens is 270 g/mol.